The van der Waals surface area contributed by atoms with Crippen LogP contribution in [0, 0.1) is 33.1 Å². The Hall–Kier alpha value is -3.04. The van der Waals surface area contributed by atoms with Gasteiger partial charge >= 0.3 is 5.97 Å². The fraction of sp³-hybridized carbons (Fsp3) is 0.500. The Labute approximate surface area is 149 Å². The third-order valence-corrected chi connectivity index (χ3v) is 4.41. The topological polar surface area (TPSA) is 133 Å². The first-order valence-electron chi connectivity index (χ1n) is 8.15. The van der Waals surface area contributed by atoms with Gasteiger partial charge in [0, 0.05) is 24.7 Å². The number of likely N-dealkylation sites (tertiary alicyclic amines) is 1. The van der Waals surface area contributed by atoms with Crippen molar-refractivity contribution in [3.05, 3.63) is 43.5 Å². The van der Waals surface area contributed by atoms with Crippen molar-refractivity contribution in [3.8, 4) is 0 Å². The van der Waals surface area contributed by atoms with Gasteiger partial charge in [-0.15, -0.1) is 0 Å². The smallest absolute Gasteiger partial charge is 0.309 e. The van der Waals surface area contributed by atoms with Crippen LogP contribution >= 0.6 is 0 Å². The van der Waals surface area contributed by atoms with Crippen LogP contribution in [0.1, 0.15) is 35.7 Å². The molecule has 2 rings (SSSR count). The molecule has 0 aromatic heterocycles. The Bertz CT molecular complexity index is 754. The summed E-state index contributed by atoms with van der Waals surface area (Å²) in [5.41, 5.74) is -0.963. The van der Waals surface area contributed by atoms with Crippen molar-refractivity contribution in [2.75, 3.05) is 19.7 Å². The van der Waals surface area contributed by atoms with Crippen LogP contribution in [0.2, 0.25) is 0 Å². The molecule has 0 aliphatic carbocycles. The lowest BCUT2D eigenvalue weighted by atomic mass is 9.95. The van der Waals surface area contributed by atoms with Crippen molar-refractivity contribution in [2.24, 2.45) is 5.92 Å². The number of esters is 1. The number of carbonyl (C=O) groups excluding carboxylic acids is 2. The highest BCUT2D eigenvalue weighted by atomic mass is 16.6. The molecule has 26 heavy (non-hydrogen) atoms. The van der Waals surface area contributed by atoms with Crippen molar-refractivity contribution >= 4 is 23.3 Å². The molecule has 10 heteroatoms. The number of ether oxygens (including phenoxy) is 1. The van der Waals surface area contributed by atoms with E-state index in [2.05, 4.69) is 0 Å². The van der Waals surface area contributed by atoms with Crippen molar-refractivity contribution in [3.63, 3.8) is 0 Å². The maximum absolute atomic E-state index is 12.7. The lowest BCUT2D eigenvalue weighted by molar-refractivity contribution is -0.394. The average Bonchev–Trinajstić information content (AvgIpc) is 2.61. The summed E-state index contributed by atoms with van der Waals surface area (Å²) < 4.78 is 4.97. The van der Waals surface area contributed by atoms with E-state index in [1.165, 1.54) is 11.8 Å². The molecule has 140 valence electrons. The number of hydrogen-bond donors (Lipinski definition) is 0. The number of non-ortho nitro benzene ring substituents is 1. The van der Waals surface area contributed by atoms with E-state index in [4.69, 9.17) is 4.74 Å². The lowest BCUT2D eigenvalue weighted by Gasteiger charge is -2.31. The molecule has 0 radical (unpaired) electrons. The number of rotatable bonds is 5. The largest absolute Gasteiger partial charge is 0.466 e. The van der Waals surface area contributed by atoms with Crippen LogP contribution in [0.25, 0.3) is 0 Å². The molecule has 1 heterocycles. The number of nitro groups is 2. The summed E-state index contributed by atoms with van der Waals surface area (Å²) in [5.74, 6) is -1.11. The number of piperidine rings is 1. The Balaban J connectivity index is 2.24. The molecule has 1 fully saturated rings. The molecule has 0 spiro atoms. The van der Waals surface area contributed by atoms with Gasteiger partial charge in [0.25, 0.3) is 17.3 Å². The van der Waals surface area contributed by atoms with Gasteiger partial charge in [0.1, 0.15) is 0 Å². The van der Waals surface area contributed by atoms with Crippen molar-refractivity contribution in [2.45, 2.75) is 26.7 Å². The molecule has 1 aliphatic heterocycles. The predicted octanol–water partition coefficient (Wildman–Crippen LogP) is 2.23. The molecule has 10 nitrogen and oxygen atoms in total. The second kappa shape index (κ2) is 7.89. The van der Waals surface area contributed by atoms with Crippen LogP contribution in [0.5, 0.6) is 0 Å². The van der Waals surface area contributed by atoms with E-state index >= 15 is 0 Å². The lowest BCUT2D eigenvalue weighted by Crippen LogP contribution is -2.41. The Morgan fingerprint density at radius 2 is 1.81 bits per heavy atom. The Morgan fingerprint density at radius 3 is 2.31 bits per heavy atom. The van der Waals surface area contributed by atoms with Gasteiger partial charge in [0.2, 0.25) is 0 Å². The highest BCUT2D eigenvalue weighted by molar-refractivity contribution is 5.97. The van der Waals surface area contributed by atoms with E-state index in [0.29, 0.717) is 12.8 Å². The van der Waals surface area contributed by atoms with Gasteiger partial charge in [-0.25, -0.2) is 0 Å². The first-order chi connectivity index (χ1) is 12.3. The van der Waals surface area contributed by atoms with Crippen LogP contribution in [0.15, 0.2) is 12.1 Å². The van der Waals surface area contributed by atoms with Crippen LogP contribution < -0.4 is 0 Å². The summed E-state index contributed by atoms with van der Waals surface area (Å²) in [6.07, 6.45) is 0.835. The second-order valence-corrected chi connectivity index (χ2v) is 5.97. The molecule has 1 aliphatic rings. The Morgan fingerprint density at radius 1 is 1.19 bits per heavy atom. The molecule has 1 aromatic rings. The van der Waals surface area contributed by atoms with Gasteiger partial charge in [-0.2, -0.15) is 0 Å². The second-order valence-electron chi connectivity index (χ2n) is 5.97. The zero-order valence-corrected chi connectivity index (χ0v) is 14.5. The number of nitro benzene ring substituents is 2. The van der Waals surface area contributed by atoms with Crippen LogP contribution in [0.3, 0.4) is 0 Å². The number of nitrogens with zero attached hydrogens (tertiary/aromatic N) is 3. The van der Waals surface area contributed by atoms with Gasteiger partial charge < -0.3 is 9.64 Å². The van der Waals surface area contributed by atoms with E-state index in [-0.39, 0.29) is 42.7 Å². The number of benzene rings is 1. The van der Waals surface area contributed by atoms with Crippen LogP contribution in [-0.4, -0.2) is 46.3 Å². The normalized spacial score (nSPS) is 14.8. The van der Waals surface area contributed by atoms with Crippen LogP contribution in [0.4, 0.5) is 11.4 Å². The molecule has 0 atom stereocenters. The maximum Gasteiger partial charge on any atom is 0.309 e. The summed E-state index contributed by atoms with van der Waals surface area (Å²) in [4.78, 5) is 46.6. The molecule has 0 N–H and O–H groups in total. The van der Waals surface area contributed by atoms with Gasteiger partial charge in [0.15, 0.2) is 0 Å². The molecule has 1 saturated heterocycles. The van der Waals surface area contributed by atoms with Gasteiger partial charge in [-0.3, -0.25) is 29.8 Å². The number of amides is 1. The first kappa shape index (κ1) is 19.3. The minimum absolute atomic E-state index is 0.0690. The van der Waals surface area contributed by atoms with Gasteiger partial charge in [-0.05, 0) is 26.7 Å². The highest BCUT2D eigenvalue weighted by Crippen LogP contribution is 2.30. The number of carbonyl (C=O) groups is 2. The standard InChI is InChI=1S/C16H19N3O7/c1-3-26-16(21)11-4-6-17(7-5-11)15(20)13-8-12(18(22)23)9-14(10(13)2)19(24)25/h8-9,11H,3-7H2,1-2H3. The summed E-state index contributed by atoms with van der Waals surface area (Å²) in [7, 11) is 0. The SMILES string of the molecule is CCOC(=O)C1CCN(C(=O)c2cc([N+](=O)[O-])cc([N+](=O)[O-])c2C)CC1. The summed E-state index contributed by atoms with van der Waals surface area (Å²) in [6.45, 7) is 3.94. The van der Waals surface area contributed by atoms with Crippen molar-refractivity contribution < 1.29 is 24.2 Å². The fourth-order valence-corrected chi connectivity index (χ4v) is 2.95. The third-order valence-electron chi connectivity index (χ3n) is 4.41. The fourth-order valence-electron chi connectivity index (χ4n) is 2.95. The maximum atomic E-state index is 12.7. The third kappa shape index (κ3) is 3.95. The molecule has 0 saturated carbocycles. The molecule has 1 amide bonds. The van der Waals surface area contributed by atoms with Gasteiger partial charge in [0.05, 0.1) is 34.0 Å². The highest BCUT2D eigenvalue weighted by Gasteiger charge is 2.31. The quantitative estimate of drug-likeness (QED) is 0.444. The number of hydrogen-bond acceptors (Lipinski definition) is 7. The van der Waals surface area contributed by atoms with E-state index in [1.54, 1.807) is 6.92 Å². The van der Waals surface area contributed by atoms with Crippen molar-refractivity contribution in [1.29, 1.82) is 0 Å². The molecule has 0 bridgehead atoms. The summed E-state index contributed by atoms with van der Waals surface area (Å²) in [6, 6.07) is 1.90. The van der Waals surface area contributed by atoms with E-state index in [0.717, 1.165) is 12.1 Å². The molecule has 1 aromatic carbocycles. The van der Waals surface area contributed by atoms with E-state index in [9.17, 15) is 29.8 Å². The molecular formula is C16H19N3O7. The summed E-state index contributed by atoms with van der Waals surface area (Å²) >= 11 is 0. The minimum Gasteiger partial charge on any atom is -0.466 e. The van der Waals surface area contributed by atoms with E-state index in [1.807, 2.05) is 0 Å². The molecular weight excluding hydrogens is 346 g/mol. The summed E-state index contributed by atoms with van der Waals surface area (Å²) in [5, 5.41) is 22.2. The minimum atomic E-state index is -0.768. The average molecular weight is 365 g/mol. The van der Waals surface area contributed by atoms with Crippen LogP contribution in [-0.2, 0) is 9.53 Å². The predicted molar refractivity (Wildman–Crippen MR) is 89.7 cm³/mol. The Kier molecular flexibility index (Phi) is 5.86. The van der Waals surface area contributed by atoms with Gasteiger partial charge in [-0.1, -0.05) is 0 Å². The van der Waals surface area contributed by atoms with E-state index < -0.39 is 27.1 Å². The van der Waals surface area contributed by atoms with Crippen molar-refractivity contribution in [1.82, 2.24) is 4.90 Å². The zero-order chi connectivity index (χ0) is 19.4. The first-order valence-corrected chi connectivity index (χ1v) is 8.15. The zero-order valence-electron chi connectivity index (χ0n) is 14.5. The monoisotopic (exact) mass is 365 g/mol. The molecule has 0 unspecified atom stereocenters.